The Balaban J connectivity index is 3.22. The molecule has 0 saturated heterocycles. The number of carbonyl (C=O) groups is 1. The van der Waals surface area contributed by atoms with Crippen molar-refractivity contribution in [3.63, 3.8) is 0 Å². The Labute approximate surface area is 130 Å². The van der Waals surface area contributed by atoms with E-state index < -0.39 is 16.0 Å². The number of carboxylic acid groups (broad SMARTS) is 1. The number of carboxylic acids is 1. The summed E-state index contributed by atoms with van der Waals surface area (Å²) in [6.07, 6.45) is 2.69. The summed E-state index contributed by atoms with van der Waals surface area (Å²) in [5.41, 5.74) is 0.109. The Hall–Kier alpha value is -1.11. The monoisotopic (exact) mass is 333 g/mol. The number of halogens is 1. The summed E-state index contributed by atoms with van der Waals surface area (Å²) >= 11 is 5.86. The molecular formula is C14H20ClNO4S. The highest BCUT2D eigenvalue weighted by Gasteiger charge is 2.25. The first-order valence-electron chi connectivity index (χ1n) is 6.71. The van der Waals surface area contributed by atoms with Crippen LogP contribution in [0.3, 0.4) is 0 Å². The molecule has 5 nitrogen and oxygen atoms in total. The highest BCUT2D eigenvalue weighted by molar-refractivity contribution is 7.89. The van der Waals surface area contributed by atoms with Gasteiger partial charge in [0, 0.05) is 18.6 Å². The largest absolute Gasteiger partial charge is 0.478 e. The van der Waals surface area contributed by atoms with Gasteiger partial charge in [0.1, 0.15) is 0 Å². The molecule has 0 spiro atoms. The van der Waals surface area contributed by atoms with Crippen LogP contribution in [0.4, 0.5) is 0 Å². The van der Waals surface area contributed by atoms with E-state index >= 15 is 0 Å². The number of rotatable bonds is 7. The van der Waals surface area contributed by atoms with Crippen LogP contribution < -0.4 is 0 Å². The van der Waals surface area contributed by atoms with Crippen molar-refractivity contribution < 1.29 is 18.3 Å². The number of aromatic carboxylic acids is 1. The summed E-state index contributed by atoms with van der Waals surface area (Å²) in [5.74, 6) is -1.19. The summed E-state index contributed by atoms with van der Waals surface area (Å²) in [6.45, 7) is 3.91. The molecule has 0 unspecified atom stereocenters. The second-order valence-electron chi connectivity index (χ2n) is 4.92. The number of benzene rings is 1. The molecule has 0 bridgehead atoms. The summed E-state index contributed by atoms with van der Waals surface area (Å²) in [6, 6.07) is 2.56. The third-order valence-electron chi connectivity index (χ3n) is 3.32. The third kappa shape index (κ3) is 4.18. The van der Waals surface area contributed by atoms with Crippen LogP contribution in [-0.2, 0) is 10.0 Å². The van der Waals surface area contributed by atoms with Gasteiger partial charge in [-0.3, -0.25) is 0 Å². The average Bonchev–Trinajstić information content (AvgIpc) is 2.40. The predicted octanol–water partition coefficient (Wildman–Crippen LogP) is 3.16. The molecule has 0 aromatic heterocycles. The lowest BCUT2D eigenvalue weighted by atomic mass is 10.1. The van der Waals surface area contributed by atoms with Gasteiger partial charge in [-0.2, -0.15) is 0 Å². The molecule has 0 radical (unpaired) electrons. The standard InChI is InChI=1S/C14H20ClNO4S/c1-4-5-6-7-16(3)21(19,20)13-9-11(15)8-12(10(13)2)14(17)18/h8-9H,4-7H2,1-3H3,(H,17,18). The Kier molecular flexibility index (Phi) is 6.19. The maximum Gasteiger partial charge on any atom is 0.336 e. The molecule has 1 rings (SSSR count). The van der Waals surface area contributed by atoms with Crippen LogP contribution >= 0.6 is 11.6 Å². The van der Waals surface area contributed by atoms with E-state index in [2.05, 4.69) is 0 Å². The highest BCUT2D eigenvalue weighted by atomic mass is 35.5. The predicted molar refractivity (Wildman–Crippen MR) is 82.5 cm³/mol. The first-order valence-corrected chi connectivity index (χ1v) is 8.53. The first kappa shape index (κ1) is 17.9. The Morgan fingerprint density at radius 3 is 2.48 bits per heavy atom. The molecule has 0 saturated carbocycles. The van der Waals surface area contributed by atoms with E-state index in [9.17, 15) is 13.2 Å². The van der Waals surface area contributed by atoms with Crippen LogP contribution in [-0.4, -0.2) is 37.4 Å². The van der Waals surface area contributed by atoms with E-state index in [-0.39, 0.29) is 21.0 Å². The Morgan fingerprint density at radius 1 is 1.33 bits per heavy atom. The maximum atomic E-state index is 12.5. The second-order valence-corrected chi connectivity index (χ2v) is 7.37. The molecule has 1 aromatic rings. The molecule has 0 heterocycles. The van der Waals surface area contributed by atoms with Crippen molar-refractivity contribution in [3.8, 4) is 0 Å². The van der Waals surface area contributed by atoms with Crippen LogP contribution in [0, 0.1) is 6.92 Å². The lowest BCUT2D eigenvalue weighted by Crippen LogP contribution is -2.29. The van der Waals surface area contributed by atoms with Gasteiger partial charge in [0.05, 0.1) is 10.5 Å². The molecule has 118 valence electrons. The van der Waals surface area contributed by atoms with Gasteiger partial charge in [0.25, 0.3) is 0 Å². The minimum atomic E-state index is -3.74. The zero-order chi connectivity index (χ0) is 16.2. The van der Waals surface area contributed by atoms with E-state index in [0.717, 1.165) is 19.3 Å². The van der Waals surface area contributed by atoms with Crippen LogP contribution in [0.15, 0.2) is 17.0 Å². The normalized spacial score (nSPS) is 11.9. The number of sulfonamides is 1. The van der Waals surface area contributed by atoms with Gasteiger partial charge in [0.15, 0.2) is 0 Å². The smallest absolute Gasteiger partial charge is 0.336 e. The average molecular weight is 334 g/mol. The molecule has 7 heteroatoms. The van der Waals surface area contributed by atoms with E-state index in [0.29, 0.717) is 6.54 Å². The van der Waals surface area contributed by atoms with E-state index in [1.807, 2.05) is 6.92 Å². The van der Waals surface area contributed by atoms with Gasteiger partial charge in [-0.05, 0) is 31.0 Å². The fraction of sp³-hybridized carbons (Fsp3) is 0.500. The fourth-order valence-electron chi connectivity index (χ4n) is 2.02. The molecule has 1 N–H and O–H groups in total. The molecule has 0 aliphatic carbocycles. The van der Waals surface area contributed by atoms with Gasteiger partial charge in [-0.25, -0.2) is 17.5 Å². The van der Waals surface area contributed by atoms with Crippen molar-refractivity contribution in [2.45, 2.75) is 38.0 Å². The van der Waals surface area contributed by atoms with Crippen LogP contribution in [0.2, 0.25) is 5.02 Å². The minimum Gasteiger partial charge on any atom is -0.478 e. The van der Waals surface area contributed by atoms with Crippen LogP contribution in [0.1, 0.15) is 42.1 Å². The molecule has 0 amide bonds. The number of hydrogen-bond donors (Lipinski definition) is 1. The van der Waals surface area contributed by atoms with E-state index in [1.165, 1.54) is 30.4 Å². The first-order chi connectivity index (χ1) is 9.71. The molecule has 0 aliphatic rings. The Bertz CT molecular complexity index is 628. The SMILES string of the molecule is CCCCCN(C)S(=O)(=O)c1cc(Cl)cc(C(=O)O)c1C. The van der Waals surface area contributed by atoms with E-state index in [1.54, 1.807) is 0 Å². The van der Waals surface area contributed by atoms with Gasteiger partial charge >= 0.3 is 5.97 Å². The van der Waals surface area contributed by atoms with Gasteiger partial charge in [0.2, 0.25) is 10.0 Å². The Morgan fingerprint density at radius 2 is 1.95 bits per heavy atom. The second kappa shape index (κ2) is 7.24. The molecule has 1 aromatic carbocycles. The van der Waals surface area contributed by atoms with Gasteiger partial charge < -0.3 is 5.11 Å². The third-order valence-corrected chi connectivity index (χ3v) is 5.52. The number of unbranched alkanes of at least 4 members (excludes halogenated alkanes) is 2. The lowest BCUT2D eigenvalue weighted by Gasteiger charge is -2.19. The molecule has 0 atom stereocenters. The number of nitrogens with zero attached hydrogens (tertiary/aromatic N) is 1. The van der Waals surface area contributed by atoms with Crippen molar-refractivity contribution >= 4 is 27.6 Å². The van der Waals surface area contributed by atoms with Crippen molar-refractivity contribution in [1.29, 1.82) is 0 Å². The zero-order valence-electron chi connectivity index (χ0n) is 12.4. The van der Waals surface area contributed by atoms with Crippen LogP contribution in [0.25, 0.3) is 0 Å². The van der Waals surface area contributed by atoms with E-state index in [4.69, 9.17) is 16.7 Å². The maximum absolute atomic E-state index is 12.5. The number of hydrogen-bond acceptors (Lipinski definition) is 3. The van der Waals surface area contributed by atoms with Crippen molar-refractivity contribution in [1.82, 2.24) is 4.31 Å². The van der Waals surface area contributed by atoms with Gasteiger partial charge in [-0.1, -0.05) is 31.4 Å². The summed E-state index contributed by atoms with van der Waals surface area (Å²) < 4.78 is 26.3. The minimum absolute atomic E-state index is 0.0496. The summed E-state index contributed by atoms with van der Waals surface area (Å²) in [7, 11) is -2.25. The topological polar surface area (TPSA) is 74.7 Å². The molecular weight excluding hydrogens is 314 g/mol. The summed E-state index contributed by atoms with van der Waals surface area (Å²) in [5, 5.41) is 9.22. The fourth-order valence-corrected chi connectivity index (χ4v) is 3.78. The van der Waals surface area contributed by atoms with Crippen molar-refractivity contribution in [2.24, 2.45) is 0 Å². The molecule has 0 aliphatic heterocycles. The highest BCUT2D eigenvalue weighted by Crippen LogP contribution is 2.26. The van der Waals surface area contributed by atoms with Gasteiger partial charge in [-0.15, -0.1) is 0 Å². The molecule has 0 fully saturated rings. The quantitative estimate of drug-likeness (QED) is 0.778. The van der Waals surface area contributed by atoms with Crippen molar-refractivity contribution in [2.75, 3.05) is 13.6 Å². The molecule has 21 heavy (non-hydrogen) atoms. The summed E-state index contributed by atoms with van der Waals surface area (Å²) in [4.78, 5) is 11.1. The van der Waals surface area contributed by atoms with Crippen LogP contribution in [0.5, 0.6) is 0 Å². The zero-order valence-corrected chi connectivity index (χ0v) is 14.0. The van der Waals surface area contributed by atoms with Crippen molar-refractivity contribution in [3.05, 3.63) is 28.3 Å². The lowest BCUT2D eigenvalue weighted by molar-refractivity contribution is 0.0696.